The van der Waals surface area contributed by atoms with Crippen molar-refractivity contribution in [2.24, 2.45) is 0 Å². The molecule has 19 heavy (non-hydrogen) atoms. The fourth-order valence-corrected chi connectivity index (χ4v) is 3.43. The molecule has 0 spiro atoms. The topological polar surface area (TPSA) is 92.4 Å². The van der Waals surface area contributed by atoms with Gasteiger partial charge in [-0.25, -0.2) is 13.1 Å². The van der Waals surface area contributed by atoms with Gasteiger partial charge in [0.15, 0.2) is 0 Å². The minimum atomic E-state index is -3.66. The van der Waals surface area contributed by atoms with E-state index in [1.54, 1.807) is 13.0 Å². The number of hydrogen-bond acceptors (Lipinski definition) is 4. The zero-order valence-corrected chi connectivity index (χ0v) is 12.4. The molecule has 0 heterocycles. The van der Waals surface area contributed by atoms with E-state index in [4.69, 9.17) is 5.73 Å². The number of aliphatic hydroxyl groups excluding tert-OH is 1. The van der Waals surface area contributed by atoms with Gasteiger partial charge in [-0.1, -0.05) is 13.8 Å². The van der Waals surface area contributed by atoms with Crippen LogP contribution < -0.4 is 10.5 Å². The Bertz CT molecular complexity index is 529. The summed E-state index contributed by atoms with van der Waals surface area (Å²) in [5.74, 6) is 0. The van der Waals surface area contributed by atoms with E-state index in [1.807, 2.05) is 13.8 Å². The number of aliphatic hydroxyl groups is 1. The van der Waals surface area contributed by atoms with Crippen LogP contribution in [0.25, 0.3) is 0 Å². The molecule has 0 aromatic heterocycles. The van der Waals surface area contributed by atoms with Crippen molar-refractivity contribution in [2.45, 2.75) is 44.0 Å². The molecule has 1 aromatic rings. The predicted molar refractivity (Wildman–Crippen MR) is 76.3 cm³/mol. The molecule has 4 N–H and O–H groups in total. The second kappa shape index (κ2) is 5.90. The molecule has 0 bridgehead atoms. The minimum Gasteiger partial charge on any atom is -0.399 e. The number of nitrogens with two attached hydrogens (primary N) is 1. The molecule has 0 saturated heterocycles. The maximum atomic E-state index is 12.3. The van der Waals surface area contributed by atoms with Gasteiger partial charge in [-0.15, -0.1) is 0 Å². The Morgan fingerprint density at radius 1 is 1.32 bits per heavy atom. The van der Waals surface area contributed by atoms with Crippen LogP contribution in [0.15, 0.2) is 23.1 Å². The van der Waals surface area contributed by atoms with E-state index in [1.165, 1.54) is 12.1 Å². The second-order valence-electron chi connectivity index (χ2n) is 4.77. The first-order valence-corrected chi connectivity index (χ1v) is 7.79. The van der Waals surface area contributed by atoms with Gasteiger partial charge in [-0.05, 0) is 43.5 Å². The summed E-state index contributed by atoms with van der Waals surface area (Å²) in [4.78, 5) is 0.166. The summed E-state index contributed by atoms with van der Waals surface area (Å²) in [6, 6.07) is 4.58. The van der Waals surface area contributed by atoms with E-state index < -0.39 is 15.6 Å². The molecular weight excluding hydrogens is 264 g/mol. The molecule has 0 aliphatic rings. The van der Waals surface area contributed by atoms with Crippen molar-refractivity contribution in [2.75, 3.05) is 12.3 Å². The number of sulfonamides is 1. The monoisotopic (exact) mass is 286 g/mol. The molecule has 6 heteroatoms. The minimum absolute atomic E-state index is 0.166. The van der Waals surface area contributed by atoms with Crippen molar-refractivity contribution in [1.82, 2.24) is 4.72 Å². The Morgan fingerprint density at radius 2 is 1.89 bits per heavy atom. The van der Waals surface area contributed by atoms with Crippen LogP contribution in [0.1, 0.15) is 32.3 Å². The SMILES string of the molecule is CCC(CC)(CO)NS(=O)(=O)c1ccc(N)c(C)c1. The number of hydrogen-bond donors (Lipinski definition) is 3. The first kappa shape index (κ1) is 15.9. The van der Waals surface area contributed by atoms with Crippen LogP contribution in [0.4, 0.5) is 5.69 Å². The standard InChI is InChI=1S/C13H22N2O3S/c1-4-13(5-2,9-16)15-19(17,18)11-6-7-12(14)10(3)8-11/h6-8,15-16H,4-5,9,14H2,1-3H3. The molecule has 0 atom stereocenters. The first-order valence-electron chi connectivity index (χ1n) is 6.31. The van der Waals surface area contributed by atoms with Crippen LogP contribution in [-0.4, -0.2) is 25.7 Å². The second-order valence-corrected chi connectivity index (χ2v) is 6.45. The summed E-state index contributed by atoms with van der Waals surface area (Å²) < 4.78 is 27.3. The molecule has 0 amide bonds. The van der Waals surface area contributed by atoms with E-state index in [2.05, 4.69) is 4.72 Å². The number of aryl methyl sites for hydroxylation is 1. The highest BCUT2D eigenvalue weighted by molar-refractivity contribution is 7.89. The van der Waals surface area contributed by atoms with Gasteiger partial charge in [0.1, 0.15) is 0 Å². The lowest BCUT2D eigenvalue weighted by Crippen LogP contribution is -2.50. The Labute approximate surface area is 114 Å². The Hall–Kier alpha value is -1.11. The van der Waals surface area contributed by atoms with E-state index in [0.717, 1.165) is 0 Å². The molecule has 5 nitrogen and oxygen atoms in total. The summed E-state index contributed by atoms with van der Waals surface area (Å²) in [7, 11) is -3.66. The summed E-state index contributed by atoms with van der Waals surface area (Å²) in [6.45, 7) is 5.22. The lowest BCUT2D eigenvalue weighted by molar-refractivity contribution is 0.172. The van der Waals surface area contributed by atoms with E-state index in [9.17, 15) is 13.5 Å². The van der Waals surface area contributed by atoms with E-state index in [0.29, 0.717) is 24.1 Å². The van der Waals surface area contributed by atoms with Gasteiger partial charge in [-0.3, -0.25) is 0 Å². The van der Waals surface area contributed by atoms with Crippen LogP contribution in [0.5, 0.6) is 0 Å². The molecule has 1 rings (SSSR count). The highest BCUT2D eigenvalue weighted by Gasteiger charge is 2.31. The number of nitrogens with one attached hydrogen (secondary N) is 1. The third-order valence-corrected chi connectivity index (χ3v) is 5.13. The molecule has 0 aliphatic carbocycles. The van der Waals surface area contributed by atoms with Gasteiger partial charge < -0.3 is 10.8 Å². The fraction of sp³-hybridized carbons (Fsp3) is 0.538. The van der Waals surface area contributed by atoms with Gasteiger partial charge >= 0.3 is 0 Å². The largest absolute Gasteiger partial charge is 0.399 e. The molecule has 108 valence electrons. The van der Waals surface area contributed by atoms with Crippen LogP contribution in [0.2, 0.25) is 0 Å². The van der Waals surface area contributed by atoms with Gasteiger partial charge in [0.25, 0.3) is 0 Å². The third-order valence-electron chi connectivity index (χ3n) is 3.56. The van der Waals surface area contributed by atoms with Gasteiger partial charge in [0, 0.05) is 5.69 Å². The smallest absolute Gasteiger partial charge is 0.241 e. The average molecular weight is 286 g/mol. The summed E-state index contributed by atoms with van der Waals surface area (Å²) in [5, 5.41) is 9.44. The number of rotatable bonds is 6. The van der Waals surface area contributed by atoms with Crippen molar-refractivity contribution in [3.8, 4) is 0 Å². The first-order chi connectivity index (χ1) is 8.80. The van der Waals surface area contributed by atoms with Gasteiger partial charge in [0.2, 0.25) is 10.0 Å². The van der Waals surface area contributed by atoms with E-state index in [-0.39, 0.29) is 11.5 Å². The zero-order chi connectivity index (χ0) is 14.7. The van der Waals surface area contributed by atoms with Crippen molar-refractivity contribution < 1.29 is 13.5 Å². The van der Waals surface area contributed by atoms with Crippen molar-refractivity contribution >= 4 is 15.7 Å². The lowest BCUT2D eigenvalue weighted by Gasteiger charge is -2.30. The summed E-state index contributed by atoms with van der Waals surface area (Å²) >= 11 is 0. The lowest BCUT2D eigenvalue weighted by atomic mass is 9.96. The van der Waals surface area contributed by atoms with Gasteiger partial charge in [-0.2, -0.15) is 0 Å². The van der Waals surface area contributed by atoms with Crippen LogP contribution >= 0.6 is 0 Å². The molecule has 0 saturated carbocycles. The average Bonchev–Trinajstić information content (AvgIpc) is 2.39. The summed E-state index contributed by atoms with van der Waals surface area (Å²) in [5.41, 5.74) is 6.14. The highest BCUT2D eigenvalue weighted by Crippen LogP contribution is 2.21. The van der Waals surface area contributed by atoms with Crippen molar-refractivity contribution in [3.63, 3.8) is 0 Å². The van der Waals surface area contributed by atoms with Crippen LogP contribution in [-0.2, 0) is 10.0 Å². The van der Waals surface area contributed by atoms with Crippen molar-refractivity contribution in [3.05, 3.63) is 23.8 Å². The Morgan fingerprint density at radius 3 is 2.32 bits per heavy atom. The fourth-order valence-electron chi connectivity index (χ4n) is 1.81. The third kappa shape index (κ3) is 3.46. The number of anilines is 1. The molecule has 0 aliphatic heterocycles. The molecule has 1 aromatic carbocycles. The predicted octanol–water partition coefficient (Wildman–Crippen LogP) is 1.41. The zero-order valence-electron chi connectivity index (χ0n) is 11.6. The maximum absolute atomic E-state index is 12.3. The molecule has 0 unspecified atom stereocenters. The molecule has 0 fully saturated rings. The highest BCUT2D eigenvalue weighted by atomic mass is 32.2. The quantitative estimate of drug-likeness (QED) is 0.689. The molecular formula is C13H22N2O3S. The van der Waals surface area contributed by atoms with Crippen LogP contribution in [0, 0.1) is 6.92 Å². The normalized spacial score (nSPS) is 12.6. The van der Waals surface area contributed by atoms with E-state index >= 15 is 0 Å². The van der Waals surface area contributed by atoms with Crippen molar-refractivity contribution in [1.29, 1.82) is 0 Å². The summed E-state index contributed by atoms with van der Waals surface area (Å²) in [6.07, 6.45) is 1.04. The number of benzene rings is 1. The Kier molecular flexibility index (Phi) is 4.95. The van der Waals surface area contributed by atoms with Crippen LogP contribution in [0.3, 0.4) is 0 Å². The Balaban J connectivity index is 3.14. The van der Waals surface area contributed by atoms with Gasteiger partial charge in [0.05, 0.1) is 17.0 Å². The maximum Gasteiger partial charge on any atom is 0.241 e. The molecule has 0 radical (unpaired) electrons. The number of nitrogen functional groups attached to an aromatic ring is 1.